The van der Waals surface area contributed by atoms with Gasteiger partial charge < -0.3 is 26.2 Å². The number of carbonyl (C=O) groups is 3. The van der Waals surface area contributed by atoms with E-state index in [2.05, 4.69) is 20.3 Å². The van der Waals surface area contributed by atoms with Gasteiger partial charge in [0.15, 0.2) is 5.96 Å². The number of nitrogens with two attached hydrogens (primary N) is 1. The van der Waals surface area contributed by atoms with Crippen molar-refractivity contribution in [1.29, 1.82) is 5.41 Å². The van der Waals surface area contributed by atoms with Crippen molar-refractivity contribution >= 4 is 44.5 Å². The molecule has 2 aliphatic rings. The standard InChI is InChI=1S/C32H40N8O5S/c33-32(34)39-16-4-5-22(20-39)21-40(26-10-11-26)29(41)18-28(31(43)37-15-14-36-30(42)25-8-3-13-35-19-25)38-46(44,45)27-12-9-23-6-1-2-7-24(23)17-27/h1-3,6-9,12-13,17,19,22,26,28,38H,4-5,10-11,14-16,18,20-21H2,(H3,33,34)(H,36,42)(H,37,43)/t22-,28-/m0/s1. The quantitative estimate of drug-likeness (QED) is 0.104. The van der Waals surface area contributed by atoms with Crippen LogP contribution in [0.5, 0.6) is 0 Å². The number of likely N-dealkylation sites (tertiary alicyclic amines) is 1. The zero-order chi connectivity index (χ0) is 32.7. The molecular weight excluding hydrogens is 608 g/mol. The molecule has 1 saturated carbocycles. The molecule has 0 radical (unpaired) electrons. The molecule has 2 aromatic carbocycles. The molecule has 2 heterocycles. The molecule has 0 spiro atoms. The van der Waals surface area contributed by atoms with E-state index in [-0.39, 0.29) is 54.1 Å². The van der Waals surface area contributed by atoms with Crippen LogP contribution < -0.4 is 21.1 Å². The van der Waals surface area contributed by atoms with Gasteiger partial charge in [-0.25, -0.2) is 8.42 Å². The van der Waals surface area contributed by atoms with Crippen LogP contribution >= 0.6 is 0 Å². The van der Waals surface area contributed by atoms with Gasteiger partial charge in [-0.1, -0.05) is 30.3 Å². The van der Waals surface area contributed by atoms with Crippen molar-refractivity contribution < 1.29 is 22.8 Å². The van der Waals surface area contributed by atoms with Crippen LogP contribution in [0.4, 0.5) is 0 Å². The first-order valence-corrected chi connectivity index (χ1v) is 16.9. The van der Waals surface area contributed by atoms with Gasteiger partial charge in [-0.05, 0) is 66.6 Å². The lowest BCUT2D eigenvalue weighted by Crippen LogP contribution is -2.52. The van der Waals surface area contributed by atoms with E-state index in [9.17, 15) is 22.8 Å². The maximum atomic E-state index is 13.8. The molecule has 244 valence electrons. The maximum absolute atomic E-state index is 13.8. The first-order valence-electron chi connectivity index (χ1n) is 15.5. The van der Waals surface area contributed by atoms with Gasteiger partial charge >= 0.3 is 0 Å². The Kier molecular flexibility index (Phi) is 10.5. The minimum absolute atomic E-state index is 0.00505. The SMILES string of the molecule is N=C(N)N1CCC[C@H](CN(C(=O)C[C@H](NS(=O)(=O)c2ccc3ccccc3c2)C(=O)NCCNC(=O)c2cccnc2)C2CC2)C1. The molecular formula is C32H40N8O5S. The molecule has 6 N–H and O–H groups in total. The van der Waals surface area contributed by atoms with Gasteiger partial charge in [0.05, 0.1) is 16.9 Å². The predicted octanol–water partition coefficient (Wildman–Crippen LogP) is 1.41. The van der Waals surface area contributed by atoms with Gasteiger partial charge in [-0.2, -0.15) is 4.72 Å². The number of rotatable bonds is 13. The normalized spacial score (nSPS) is 17.2. The van der Waals surface area contributed by atoms with Crippen LogP contribution in [0.2, 0.25) is 0 Å². The smallest absolute Gasteiger partial charge is 0.252 e. The summed E-state index contributed by atoms with van der Waals surface area (Å²) in [7, 11) is -4.20. The van der Waals surface area contributed by atoms with Crippen molar-refractivity contribution in [3.05, 3.63) is 72.6 Å². The molecule has 3 amide bonds. The third-order valence-corrected chi connectivity index (χ3v) is 9.75. The fourth-order valence-electron chi connectivity index (χ4n) is 5.71. The summed E-state index contributed by atoms with van der Waals surface area (Å²) >= 11 is 0. The van der Waals surface area contributed by atoms with Crippen molar-refractivity contribution in [2.24, 2.45) is 11.7 Å². The topological polar surface area (TPSA) is 191 Å². The van der Waals surface area contributed by atoms with Crippen molar-refractivity contribution in [1.82, 2.24) is 30.1 Å². The number of nitrogens with zero attached hydrogens (tertiary/aromatic N) is 3. The summed E-state index contributed by atoms with van der Waals surface area (Å²) in [5.41, 5.74) is 6.08. The van der Waals surface area contributed by atoms with Crippen molar-refractivity contribution in [2.45, 2.75) is 49.1 Å². The Hall–Kier alpha value is -4.56. The highest BCUT2D eigenvalue weighted by molar-refractivity contribution is 7.89. The van der Waals surface area contributed by atoms with E-state index in [4.69, 9.17) is 11.1 Å². The highest BCUT2D eigenvalue weighted by Gasteiger charge is 2.37. The second-order valence-corrected chi connectivity index (χ2v) is 13.5. The van der Waals surface area contributed by atoms with E-state index in [0.29, 0.717) is 25.2 Å². The summed E-state index contributed by atoms with van der Waals surface area (Å²) in [4.78, 5) is 47.0. The van der Waals surface area contributed by atoms with E-state index in [1.54, 1.807) is 40.3 Å². The number of pyridine rings is 1. The molecule has 5 rings (SSSR count). The summed E-state index contributed by atoms with van der Waals surface area (Å²) in [6, 6.07) is 13.9. The molecule has 1 saturated heterocycles. The van der Waals surface area contributed by atoms with Gasteiger partial charge in [-0.3, -0.25) is 24.8 Å². The van der Waals surface area contributed by atoms with Crippen LogP contribution in [0.15, 0.2) is 71.9 Å². The Balaban J connectivity index is 1.28. The van der Waals surface area contributed by atoms with E-state index < -0.39 is 22.0 Å². The molecule has 13 nitrogen and oxygen atoms in total. The zero-order valence-electron chi connectivity index (χ0n) is 25.5. The number of benzene rings is 2. The number of carbonyl (C=O) groups excluding carboxylic acids is 3. The number of nitrogens with one attached hydrogen (secondary N) is 4. The second kappa shape index (κ2) is 14.7. The minimum Gasteiger partial charge on any atom is -0.370 e. The lowest BCUT2D eigenvalue weighted by atomic mass is 9.97. The number of amides is 3. The number of guanidine groups is 1. The minimum atomic E-state index is -4.20. The molecule has 14 heteroatoms. The van der Waals surface area contributed by atoms with Crippen molar-refractivity contribution in [3.63, 3.8) is 0 Å². The van der Waals surface area contributed by atoms with E-state index in [1.807, 2.05) is 18.2 Å². The van der Waals surface area contributed by atoms with Gasteiger partial charge in [0.2, 0.25) is 21.8 Å². The highest BCUT2D eigenvalue weighted by Crippen LogP contribution is 2.30. The molecule has 0 unspecified atom stereocenters. The number of hydrogen-bond donors (Lipinski definition) is 5. The largest absolute Gasteiger partial charge is 0.370 e. The first kappa shape index (κ1) is 32.8. The average molecular weight is 649 g/mol. The second-order valence-electron chi connectivity index (χ2n) is 11.8. The highest BCUT2D eigenvalue weighted by atomic mass is 32.2. The van der Waals surface area contributed by atoms with Crippen molar-refractivity contribution in [2.75, 3.05) is 32.7 Å². The molecule has 46 heavy (non-hydrogen) atoms. The molecule has 2 atom stereocenters. The van der Waals surface area contributed by atoms with Crippen LogP contribution in [0.3, 0.4) is 0 Å². The summed E-state index contributed by atoms with van der Waals surface area (Å²) in [5.74, 6) is -1.26. The third-order valence-electron chi connectivity index (χ3n) is 8.28. The lowest BCUT2D eigenvalue weighted by molar-refractivity contribution is -0.135. The summed E-state index contributed by atoms with van der Waals surface area (Å²) in [5, 5.41) is 14.8. The van der Waals surface area contributed by atoms with Crippen LogP contribution in [-0.4, -0.2) is 91.7 Å². The zero-order valence-corrected chi connectivity index (χ0v) is 26.3. The number of sulfonamides is 1. The maximum Gasteiger partial charge on any atom is 0.252 e. The van der Waals surface area contributed by atoms with Gasteiger partial charge in [0.25, 0.3) is 5.91 Å². The van der Waals surface area contributed by atoms with Crippen molar-refractivity contribution in [3.8, 4) is 0 Å². The molecule has 2 fully saturated rings. The summed E-state index contributed by atoms with van der Waals surface area (Å²) < 4.78 is 29.6. The Morgan fingerprint density at radius 3 is 2.50 bits per heavy atom. The van der Waals surface area contributed by atoms with Gasteiger partial charge in [0.1, 0.15) is 6.04 Å². The van der Waals surface area contributed by atoms with Gasteiger partial charge in [0, 0.05) is 51.2 Å². The predicted molar refractivity (Wildman–Crippen MR) is 173 cm³/mol. The van der Waals surface area contributed by atoms with E-state index in [1.165, 1.54) is 18.3 Å². The van der Waals surface area contributed by atoms with E-state index >= 15 is 0 Å². The Morgan fingerprint density at radius 1 is 1.02 bits per heavy atom. The number of hydrogen-bond acceptors (Lipinski definition) is 7. The van der Waals surface area contributed by atoms with Crippen LogP contribution in [0.1, 0.15) is 42.5 Å². The Morgan fingerprint density at radius 2 is 1.78 bits per heavy atom. The molecule has 1 aliphatic heterocycles. The molecule has 1 aliphatic carbocycles. The number of aromatic nitrogens is 1. The van der Waals surface area contributed by atoms with E-state index in [0.717, 1.165) is 36.5 Å². The third kappa shape index (κ3) is 8.57. The first-order chi connectivity index (χ1) is 22.1. The lowest BCUT2D eigenvalue weighted by Gasteiger charge is -2.36. The van der Waals surface area contributed by atoms with Crippen LogP contribution in [-0.2, 0) is 19.6 Å². The summed E-state index contributed by atoms with van der Waals surface area (Å²) in [6.45, 7) is 1.81. The van der Waals surface area contributed by atoms with Crippen LogP contribution in [0.25, 0.3) is 10.8 Å². The molecule has 1 aromatic heterocycles. The number of fused-ring (bicyclic) bond motifs is 1. The van der Waals surface area contributed by atoms with Gasteiger partial charge in [-0.15, -0.1) is 0 Å². The fraction of sp³-hybridized carbons (Fsp3) is 0.406. The number of piperidine rings is 1. The molecule has 0 bridgehead atoms. The fourth-order valence-corrected chi connectivity index (χ4v) is 6.94. The Bertz CT molecular complexity index is 1680. The van der Waals surface area contributed by atoms with Crippen LogP contribution in [0, 0.1) is 11.3 Å². The Labute approximate surface area is 268 Å². The average Bonchev–Trinajstić information content (AvgIpc) is 3.91. The molecule has 3 aromatic rings. The summed E-state index contributed by atoms with van der Waals surface area (Å²) in [6.07, 6.45) is 6.01. The monoisotopic (exact) mass is 648 g/mol.